The second-order valence-corrected chi connectivity index (χ2v) is 9.46. The summed E-state index contributed by atoms with van der Waals surface area (Å²) in [4.78, 5) is 2.21. The summed E-state index contributed by atoms with van der Waals surface area (Å²) in [5, 5.41) is 9.01. The van der Waals surface area contributed by atoms with Crippen LogP contribution < -0.4 is 9.55 Å². The Morgan fingerprint density at radius 1 is 0.375 bits per heavy atom. The van der Waals surface area contributed by atoms with Crippen LogP contribution in [0.5, 0.6) is 5.75 Å². The molecule has 3 nitrogen and oxygen atoms in total. The molecule has 0 aliphatic carbocycles. The molecule has 0 heterocycles. The summed E-state index contributed by atoms with van der Waals surface area (Å²) in [6, 6.07) is 54.4. The van der Waals surface area contributed by atoms with Crippen molar-refractivity contribution in [2.45, 2.75) is 0 Å². The van der Waals surface area contributed by atoms with Gasteiger partial charge in [-0.05, 0) is 81.9 Å². The average molecular weight is 516 g/mol. The molecule has 0 spiro atoms. The van der Waals surface area contributed by atoms with Crippen molar-refractivity contribution >= 4 is 24.7 Å². The molecule has 0 saturated heterocycles. The van der Waals surface area contributed by atoms with Crippen molar-refractivity contribution in [3.63, 3.8) is 0 Å². The van der Waals surface area contributed by atoms with Crippen LogP contribution in [0, 0.1) is 0 Å². The Morgan fingerprint density at radius 3 is 1.02 bits per heavy atom. The maximum absolute atomic E-state index is 9.01. The number of hydrogen-bond donors (Lipinski definition) is 1. The van der Waals surface area contributed by atoms with Crippen molar-refractivity contribution in [1.82, 2.24) is 0 Å². The SMILES string of the molecule is O[B]Oc1ccc(N(c2ccc(-c3ccccc3)cc2)c2ccc(-c3ccc(-c4ccccc4)cc3)cc2)cc1. The van der Waals surface area contributed by atoms with Gasteiger partial charge in [0.25, 0.3) is 0 Å². The third-order valence-electron chi connectivity index (χ3n) is 6.97. The number of benzene rings is 6. The predicted octanol–water partition coefficient (Wildman–Crippen LogP) is 9.06. The topological polar surface area (TPSA) is 32.7 Å². The highest BCUT2D eigenvalue weighted by Crippen LogP contribution is 2.37. The molecule has 4 heteroatoms. The van der Waals surface area contributed by atoms with E-state index in [0.29, 0.717) is 13.4 Å². The fourth-order valence-electron chi connectivity index (χ4n) is 4.90. The lowest BCUT2D eigenvalue weighted by molar-refractivity contribution is 0.454. The molecule has 40 heavy (non-hydrogen) atoms. The molecule has 0 fully saturated rings. The van der Waals surface area contributed by atoms with Crippen molar-refractivity contribution < 1.29 is 9.68 Å². The average Bonchev–Trinajstić information content (AvgIpc) is 3.04. The maximum atomic E-state index is 9.01. The fourth-order valence-corrected chi connectivity index (χ4v) is 4.90. The van der Waals surface area contributed by atoms with E-state index in [4.69, 9.17) is 9.68 Å². The number of hydrogen-bond acceptors (Lipinski definition) is 3. The highest BCUT2D eigenvalue weighted by atomic mass is 16.5. The van der Waals surface area contributed by atoms with Crippen LogP contribution in [-0.2, 0) is 0 Å². The van der Waals surface area contributed by atoms with Crippen LogP contribution in [0.25, 0.3) is 33.4 Å². The zero-order chi connectivity index (χ0) is 27.1. The van der Waals surface area contributed by atoms with Crippen molar-refractivity contribution in [2.24, 2.45) is 0 Å². The summed E-state index contributed by atoms with van der Waals surface area (Å²) in [7, 11) is 0.695. The van der Waals surface area contributed by atoms with Gasteiger partial charge in [0.05, 0.1) is 0 Å². The molecule has 0 atom stereocenters. The summed E-state index contributed by atoms with van der Waals surface area (Å²) in [5.74, 6) is 0.569. The third-order valence-corrected chi connectivity index (χ3v) is 6.97. The van der Waals surface area contributed by atoms with Gasteiger partial charge in [0.1, 0.15) is 5.75 Å². The van der Waals surface area contributed by atoms with Crippen LogP contribution in [0.15, 0.2) is 158 Å². The van der Waals surface area contributed by atoms with Crippen LogP contribution in [0.4, 0.5) is 17.1 Å². The van der Waals surface area contributed by atoms with E-state index in [0.717, 1.165) is 22.6 Å². The van der Waals surface area contributed by atoms with Gasteiger partial charge in [-0.15, -0.1) is 0 Å². The van der Waals surface area contributed by atoms with Crippen LogP contribution in [-0.4, -0.2) is 12.7 Å². The van der Waals surface area contributed by atoms with Crippen molar-refractivity contribution in [1.29, 1.82) is 0 Å². The van der Waals surface area contributed by atoms with Gasteiger partial charge in [0.2, 0.25) is 0 Å². The summed E-state index contributed by atoms with van der Waals surface area (Å²) in [6.45, 7) is 0. The first kappa shape index (κ1) is 25.2. The van der Waals surface area contributed by atoms with Gasteiger partial charge in [0, 0.05) is 17.1 Å². The molecule has 6 aromatic rings. The monoisotopic (exact) mass is 516 g/mol. The minimum atomic E-state index is 0.569. The summed E-state index contributed by atoms with van der Waals surface area (Å²) in [6.07, 6.45) is 0. The molecular weight excluding hydrogens is 489 g/mol. The van der Waals surface area contributed by atoms with E-state index in [-0.39, 0.29) is 0 Å². The van der Waals surface area contributed by atoms with E-state index in [1.165, 1.54) is 27.8 Å². The highest BCUT2D eigenvalue weighted by molar-refractivity contribution is 6.17. The Bertz CT molecular complexity index is 1650. The van der Waals surface area contributed by atoms with E-state index in [2.05, 4.69) is 126 Å². The molecule has 1 N–H and O–H groups in total. The number of anilines is 3. The lowest BCUT2D eigenvalue weighted by Crippen LogP contribution is -2.10. The molecule has 0 saturated carbocycles. The first-order chi connectivity index (χ1) is 19.8. The zero-order valence-electron chi connectivity index (χ0n) is 21.9. The Hall–Kier alpha value is -5.06. The predicted molar refractivity (Wildman–Crippen MR) is 166 cm³/mol. The smallest absolute Gasteiger partial charge is 0.537 e. The molecule has 0 unspecified atom stereocenters. The summed E-state index contributed by atoms with van der Waals surface area (Å²) in [5.41, 5.74) is 10.2. The lowest BCUT2D eigenvalue weighted by Gasteiger charge is -2.26. The minimum absolute atomic E-state index is 0.569. The molecule has 191 valence electrons. The largest absolute Gasteiger partial charge is 0.569 e. The normalized spacial score (nSPS) is 10.6. The lowest BCUT2D eigenvalue weighted by atomic mass is 10.00. The molecule has 6 aromatic carbocycles. The maximum Gasteiger partial charge on any atom is 0.569 e. The van der Waals surface area contributed by atoms with Gasteiger partial charge in [0.15, 0.2) is 0 Å². The van der Waals surface area contributed by atoms with Crippen molar-refractivity contribution in [3.05, 3.63) is 158 Å². The van der Waals surface area contributed by atoms with Gasteiger partial charge in [-0.2, -0.15) is 0 Å². The van der Waals surface area contributed by atoms with Crippen molar-refractivity contribution in [2.75, 3.05) is 4.90 Å². The van der Waals surface area contributed by atoms with Crippen LogP contribution in [0.2, 0.25) is 0 Å². The molecular formula is C36H27BNO2. The molecule has 0 bridgehead atoms. The zero-order valence-corrected chi connectivity index (χ0v) is 21.9. The van der Waals surface area contributed by atoms with Crippen LogP contribution >= 0.6 is 0 Å². The summed E-state index contributed by atoms with van der Waals surface area (Å²) < 4.78 is 5.13. The minimum Gasteiger partial charge on any atom is -0.537 e. The third kappa shape index (κ3) is 5.53. The van der Waals surface area contributed by atoms with E-state index in [9.17, 15) is 0 Å². The number of nitrogens with zero attached hydrogens (tertiary/aromatic N) is 1. The Morgan fingerprint density at radius 2 is 0.675 bits per heavy atom. The van der Waals surface area contributed by atoms with E-state index < -0.39 is 0 Å². The fraction of sp³-hybridized carbons (Fsp3) is 0. The molecule has 1 radical (unpaired) electrons. The van der Waals surface area contributed by atoms with Gasteiger partial charge >= 0.3 is 7.69 Å². The van der Waals surface area contributed by atoms with Gasteiger partial charge in [-0.25, -0.2) is 0 Å². The van der Waals surface area contributed by atoms with Crippen molar-refractivity contribution in [3.8, 4) is 39.1 Å². The summed E-state index contributed by atoms with van der Waals surface area (Å²) >= 11 is 0. The molecule has 6 rings (SSSR count). The first-order valence-corrected chi connectivity index (χ1v) is 13.2. The van der Waals surface area contributed by atoms with E-state index in [1.807, 2.05) is 36.4 Å². The second-order valence-electron chi connectivity index (χ2n) is 9.46. The van der Waals surface area contributed by atoms with Crippen LogP contribution in [0.1, 0.15) is 0 Å². The van der Waals surface area contributed by atoms with Gasteiger partial charge < -0.3 is 14.6 Å². The van der Waals surface area contributed by atoms with Gasteiger partial charge in [-0.3, -0.25) is 0 Å². The first-order valence-electron chi connectivity index (χ1n) is 13.2. The number of rotatable bonds is 8. The molecule has 0 aliphatic heterocycles. The Kier molecular flexibility index (Phi) is 7.43. The quantitative estimate of drug-likeness (QED) is 0.205. The van der Waals surface area contributed by atoms with Crippen LogP contribution in [0.3, 0.4) is 0 Å². The molecule has 0 aliphatic rings. The van der Waals surface area contributed by atoms with Gasteiger partial charge in [-0.1, -0.05) is 109 Å². The second kappa shape index (κ2) is 11.8. The molecule has 0 aromatic heterocycles. The molecule has 0 amide bonds. The Labute approximate surface area is 235 Å². The van der Waals surface area contributed by atoms with E-state index in [1.54, 1.807) is 0 Å². The standard InChI is InChI=1S/C36H27BNO2/c39-37-40-36-25-23-35(24-26-36)38(33-19-15-31(16-20-33)28-9-5-2-6-10-28)34-21-17-32(18-22-34)30-13-11-29(12-14-30)27-7-3-1-4-8-27/h1-26,39H. The Balaban J connectivity index is 1.32. The highest BCUT2D eigenvalue weighted by Gasteiger charge is 2.14. The van der Waals surface area contributed by atoms with E-state index >= 15 is 0 Å².